The molecular formula is C22H30O2Si. The molecule has 134 valence electrons. The SMILES string of the molecule is CC(C)(C)[Si](OCCCCCC=O)(c1ccccc1)c1ccccc1. The van der Waals surface area contributed by atoms with Crippen LogP contribution in [0.2, 0.25) is 5.04 Å². The third-order valence-electron chi connectivity index (χ3n) is 4.70. The summed E-state index contributed by atoms with van der Waals surface area (Å²) in [5.41, 5.74) is 0. The maximum Gasteiger partial charge on any atom is 0.261 e. The number of hydrogen-bond acceptors (Lipinski definition) is 2. The lowest BCUT2D eigenvalue weighted by atomic mass is 10.2. The van der Waals surface area contributed by atoms with Gasteiger partial charge in [-0.15, -0.1) is 0 Å². The number of carbonyl (C=O) groups is 1. The Balaban J connectivity index is 2.34. The average molecular weight is 355 g/mol. The number of aldehydes is 1. The summed E-state index contributed by atoms with van der Waals surface area (Å²) >= 11 is 0. The van der Waals surface area contributed by atoms with Gasteiger partial charge in [0.2, 0.25) is 0 Å². The minimum Gasteiger partial charge on any atom is -0.407 e. The molecule has 2 aromatic carbocycles. The first-order valence-corrected chi connectivity index (χ1v) is 11.1. The van der Waals surface area contributed by atoms with Gasteiger partial charge in [-0.05, 0) is 28.3 Å². The van der Waals surface area contributed by atoms with Crippen molar-refractivity contribution in [2.75, 3.05) is 6.61 Å². The van der Waals surface area contributed by atoms with Gasteiger partial charge in [-0.2, -0.15) is 0 Å². The zero-order chi connectivity index (χ0) is 18.2. The predicted molar refractivity (Wildman–Crippen MR) is 108 cm³/mol. The van der Waals surface area contributed by atoms with Gasteiger partial charge in [-0.1, -0.05) is 87.9 Å². The quantitative estimate of drug-likeness (QED) is 0.381. The molecule has 0 saturated carbocycles. The molecular weight excluding hydrogens is 324 g/mol. The lowest BCUT2D eigenvalue weighted by Gasteiger charge is -2.43. The molecule has 0 unspecified atom stereocenters. The lowest BCUT2D eigenvalue weighted by molar-refractivity contribution is -0.107. The summed E-state index contributed by atoms with van der Waals surface area (Å²) in [5.74, 6) is 0. The highest BCUT2D eigenvalue weighted by Crippen LogP contribution is 2.36. The molecule has 0 aliphatic carbocycles. The molecule has 2 nitrogen and oxygen atoms in total. The average Bonchev–Trinajstić information content (AvgIpc) is 2.62. The van der Waals surface area contributed by atoms with E-state index in [1.54, 1.807) is 0 Å². The summed E-state index contributed by atoms with van der Waals surface area (Å²) in [5, 5.41) is 2.67. The number of hydrogen-bond donors (Lipinski definition) is 0. The van der Waals surface area contributed by atoms with Crippen LogP contribution in [0, 0.1) is 0 Å². The van der Waals surface area contributed by atoms with Crippen molar-refractivity contribution in [2.24, 2.45) is 0 Å². The summed E-state index contributed by atoms with van der Waals surface area (Å²) in [6, 6.07) is 21.4. The van der Waals surface area contributed by atoms with E-state index in [2.05, 4.69) is 81.4 Å². The largest absolute Gasteiger partial charge is 0.407 e. The van der Waals surface area contributed by atoms with E-state index in [1.165, 1.54) is 10.4 Å². The zero-order valence-electron chi connectivity index (χ0n) is 15.7. The molecule has 25 heavy (non-hydrogen) atoms. The van der Waals surface area contributed by atoms with Crippen molar-refractivity contribution in [3.63, 3.8) is 0 Å². The molecule has 0 aliphatic heterocycles. The summed E-state index contributed by atoms with van der Waals surface area (Å²) in [6.07, 6.45) is 4.64. The first-order valence-electron chi connectivity index (χ1n) is 9.21. The Morgan fingerprint density at radius 1 is 0.840 bits per heavy atom. The molecule has 0 bridgehead atoms. The van der Waals surface area contributed by atoms with Crippen molar-refractivity contribution in [1.29, 1.82) is 0 Å². The van der Waals surface area contributed by atoms with Crippen LogP contribution in [0.4, 0.5) is 0 Å². The van der Waals surface area contributed by atoms with E-state index < -0.39 is 8.32 Å². The molecule has 0 heterocycles. The van der Waals surface area contributed by atoms with Crippen molar-refractivity contribution < 1.29 is 9.22 Å². The van der Waals surface area contributed by atoms with Crippen LogP contribution in [0.3, 0.4) is 0 Å². The highest BCUT2D eigenvalue weighted by atomic mass is 28.4. The molecule has 0 fully saturated rings. The van der Waals surface area contributed by atoms with E-state index in [1.807, 2.05) is 0 Å². The second kappa shape index (κ2) is 9.11. The number of unbranched alkanes of at least 4 members (excludes halogenated alkanes) is 3. The first-order chi connectivity index (χ1) is 12.0. The second-order valence-electron chi connectivity index (χ2n) is 7.53. The highest BCUT2D eigenvalue weighted by Gasteiger charge is 2.49. The van der Waals surface area contributed by atoms with E-state index in [0.717, 1.165) is 32.2 Å². The third-order valence-corrected chi connectivity index (χ3v) is 9.74. The van der Waals surface area contributed by atoms with Crippen molar-refractivity contribution in [2.45, 2.75) is 51.5 Å². The van der Waals surface area contributed by atoms with Crippen LogP contribution in [0.5, 0.6) is 0 Å². The predicted octanol–water partition coefficient (Wildman–Crippen LogP) is 4.32. The molecule has 3 heteroatoms. The topological polar surface area (TPSA) is 26.3 Å². The minimum absolute atomic E-state index is 0.0263. The minimum atomic E-state index is -2.39. The van der Waals surface area contributed by atoms with Crippen molar-refractivity contribution in [3.8, 4) is 0 Å². The number of benzene rings is 2. The van der Waals surface area contributed by atoms with Crippen LogP contribution in [0.15, 0.2) is 60.7 Å². The maximum atomic E-state index is 10.5. The Morgan fingerprint density at radius 2 is 1.36 bits per heavy atom. The van der Waals surface area contributed by atoms with E-state index >= 15 is 0 Å². The van der Waals surface area contributed by atoms with E-state index in [0.29, 0.717) is 6.42 Å². The van der Waals surface area contributed by atoms with Gasteiger partial charge in [0.25, 0.3) is 8.32 Å². The monoisotopic (exact) mass is 354 g/mol. The van der Waals surface area contributed by atoms with E-state index in [-0.39, 0.29) is 5.04 Å². The Hall–Kier alpha value is -1.71. The van der Waals surface area contributed by atoms with Crippen LogP contribution in [0.25, 0.3) is 0 Å². The van der Waals surface area contributed by atoms with Crippen LogP contribution in [-0.2, 0) is 9.22 Å². The highest BCUT2D eigenvalue weighted by molar-refractivity contribution is 6.99. The Kier molecular flexibility index (Phi) is 7.15. The molecule has 0 saturated heterocycles. The molecule has 0 atom stereocenters. The lowest BCUT2D eigenvalue weighted by Crippen LogP contribution is -2.66. The zero-order valence-corrected chi connectivity index (χ0v) is 16.7. The Labute approximate surface area is 153 Å². The molecule has 2 rings (SSSR count). The van der Waals surface area contributed by atoms with Crippen molar-refractivity contribution in [3.05, 3.63) is 60.7 Å². The van der Waals surface area contributed by atoms with Crippen LogP contribution >= 0.6 is 0 Å². The van der Waals surface area contributed by atoms with Gasteiger partial charge in [-0.25, -0.2) is 0 Å². The van der Waals surface area contributed by atoms with Gasteiger partial charge in [-0.3, -0.25) is 0 Å². The van der Waals surface area contributed by atoms with Crippen molar-refractivity contribution in [1.82, 2.24) is 0 Å². The Morgan fingerprint density at radius 3 is 1.80 bits per heavy atom. The molecule has 0 spiro atoms. The van der Waals surface area contributed by atoms with Crippen LogP contribution < -0.4 is 10.4 Å². The fourth-order valence-corrected chi connectivity index (χ4v) is 8.10. The molecule has 2 aromatic rings. The Bertz CT molecular complexity index is 593. The summed E-state index contributed by atoms with van der Waals surface area (Å²) in [6.45, 7) is 7.63. The molecule has 0 amide bonds. The third kappa shape index (κ3) is 4.68. The van der Waals surface area contributed by atoms with Crippen LogP contribution in [-0.4, -0.2) is 21.2 Å². The van der Waals surface area contributed by atoms with Gasteiger partial charge < -0.3 is 9.22 Å². The first kappa shape index (κ1) is 19.6. The van der Waals surface area contributed by atoms with E-state index in [9.17, 15) is 4.79 Å². The molecule has 0 aliphatic rings. The molecule has 0 radical (unpaired) electrons. The number of carbonyl (C=O) groups excluding carboxylic acids is 1. The standard InChI is InChI=1S/C22H30O2Si/c1-22(2,3)25(20-14-8-6-9-15-20,21-16-10-7-11-17-21)24-19-13-5-4-12-18-23/h6-11,14-18H,4-5,12-13,19H2,1-3H3. The van der Waals surface area contributed by atoms with E-state index in [4.69, 9.17) is 4.43 Å². The van der Waals surface area contributed by atoms with Crippen molar-refractivity contribution >= 4 is 25.0 Å². The molecule has 0 N–H and O–H groups in total. The number of rotatable bonds is 9. The molecule has 0 aromatic heterocycles. The summed E-state index contributed by atoms with van der Waals surface area (Å²) in [4.78, 5) is 10.5. The maximum absolute atomic E-state index is 10.5. The summed E-state index contributed by atoms with van der Waals surface area (Å²) < 4.78 is 6.80. The van der Waals surface area contributed by atoms with Gasteiger partial charge in [0.1, 0.15) is 6.29 Å². The smallest absolute Gasteiger partial charge is 0.261 e. The second-order valence-corrected chi connectivity index (χ2v) is 11.8. The van der Waals surface area contributed by atoms with Gasteiger partial charge in [0.05, 0.1) is 0 Å². The fraction of sp³-hybridized carbons (Fsp3) is 0.409. The van der Waals surface area contributed by atoms with Crippen LogP contribution in [0.1, 0.15) is 46.5 Å². The van der Waals surface area contributed by atoms with Gasteiger partial charge in [0.15, 0.2) is 0 Å². The van der Waals surface area contributed by atoms with Gasteiger partial charge >= 0.3 is 0 Å². The van der Waals surface area contributed by atoms with Gasteiger partial charge in [0, 0.05) is 13.0 Å². The summed E-state index contributed by atoms with van der Waals surface area (Å²) in [7, 11) is -2.39. The normalized spacial score (nSPS) is 12.1. The fourth-order valence-electron chi connectivity index (χ4n) is 3.49.